The molecule has 0 radical (unpaired) electrons. The van der Waals surface area contributed by atoms with Crippen molar-refractivity contribution in [2.24, 2.45) is 0 Å². The maximum atomic E-state index is 11.1. The number of hydrogen-bond acceptors (Lipinski definition) is 4. The van der Waals surface area contributed by atoms with Crippen molar-refractivity contribution in [2.45, 2.75) is 13.0 Å². The zero-order valence-corrected chi connectivity index (χ0v) is 11.4. The molecule has 0 aliphatic rings. The van der Waals surface area contributed by atoms with Crippen LogP contribution in [0.25, 0.3) is 10.9 Å². The molecule has 21 heavy (non-hydrogen) atoms. The Morgan fingerprint density at radius 2 is 2.05 bits per heavy atom. The molecule has 2 N–H and O–H groups in total. The van der Waals surface area contributed by atoms with Gasteiger partial charge >= 0.3 is 0 Å². The quantitative estimate of drug-likeness (QED) is 0.565. The molecular weight excluding hydrogens is 268 g/mol. The summed E-state index contributed by atoms with van der Waals surface area (Å²) in [4.78, 5) is 10.8. The van der Waals surface area contributed by atoms with Crippen molar-refractivity contribution >= 4 is 22.3 Å². The van der Waals surface area contributed by atoms with Gasteiger partial charge in [-0.25, -0.2) is 0 Å². The maximum Gasteiger partial charge on any atom is 0.274 e. The molecule has 0 spiro atoms. The summed E-state index contributed by atoms with van der Waals surface area (Å²) in [6.45, 7) is 1.90. The number of nitrogens with zero attached hydrogens (tertiary/aromatic N) is 2. The lowest BCUT2D eigenvalue weighted by Gasteiger charge is -2.16. The lowest BCUT2D eigenvalue weighted by Crippen LogP contribution is -2.09. The van der Waals surface area contributed by atoms with Gasteiger partial charge in [-0.2, -0.15) is 5.10 Å². The summed E-state index contributed by atoms with van der Waals surface area (Å²) in [5.74, 6) is 0. The van der Waals surface area contributed by atoms with Crippen LogP contribution in [0.1, 0.15) is 18.5 Å². The van der Waals surface area contributed by atoms with E-state index >= 15 is 0 Å². The van der Waals surface area contributed by atoms with Crippen molar-refractivity contribution in [3.05, 3.63) is 64.3 Å². The zero-order valence-electron chi connectivity index (χ0n) is 11.4. The fourth-order valence-corrected chi connectivity index (χ4v) is 2.42. The van der Waals surface area contributed by atoms with Crippen molar-refractivity contribution < 1.29 is 4.92 Å². The fraction of sp³-hybridized carbons (Fsp3) is 0.133. The summed E-state index contributed by atoms with van der Waals surface area (Å²) in [6, 6.07) is 12.4. The van der Waals surface area contributed by atoms with Crippen molar-refractivity contribution in [3.63, 3.8) is 0 Å². The first kappa shape index (κ1) is 13.1. The van der Waals surface area contributed by atoms with Crippen LogP contribution in [0.5, 0.6) is 0 Å². The van der Waals surface area contributed by atoms with E-state index in [-0.39, 0.29) is 16.7 Å². The maximum absolute atomic E-state index is 11.1. The Labute approximate surface area is 121 Å². The van der Waals surface area contributed by atoms with Crippen molar-refractivity contribution in [1.82, 2.24) is 10.2 Å². The minimum atomic E-state index is -0.355. The zero-order chi connectivity index (χ0) is 14.8. The van der Waals surface area contributed by atoms with Crippen LogP contribution < -0.4 is 5.32 Å². The molecule has 106 valence electrons. The highest BCUT2D eigenvalue weighted by atomic mass is 16.6. The van der Waals surface area contributed by atoms with E-state index in [1.165, 1.54) is 6.07 Å². The normalized spacial score (nSPS) is 12.2. The fourth-order valence-electron chi connectivity index (χ4n) is 2.42. The Bertz CT molecular complexity index is 797. The number of anilines is 1. The first-order valence-electron chi connectivity index (χ1n) is 6.59. The number of nitro groups is 1. The molecule has 3 aromatic rings. The first-order valence-corrected chi connectivity index (χ1v) is 6.59. The summed E-state index contributed by atoms with van der Waals surface area (Å²) in [5, 5.41) is 22.3. The van der Waals surface area contributed by atoms with E-state index in [4.69, 9.17) is 0 Å². The summed E-state index contributed by atoms with van der Waals surface area (Å²) in [5.41, 5.74) is 2.60. The highest BCUT2D eigenvalue weighted by Gasteiger charge is 2.18. The highest BCUT2D eigenvalue weighted by Crippen LogP contribution is 2.30. The van der Waals surface area contributed by atoms with E-state index in [0.717, 1.165) is 16.6 Å². The average Bonchev–Trinajstić information content (AvgIpc) is 2.96. The SMILES string of the molecule is CC(Nc1cccc2[nH]ncc12)c1ccccc1[N+](=O)[O-]. The third kappa shape index (κ3) is 2.43. The van der Waals surface area contributed by atoms with Crippen LogP contribution in [0.15, 0.2) is 48.7 Å². The smallest absolute Gasteiger partial charge is 0.274 e. The predicted octanol–water partition coefficient (Wildman–Crippen LogP) is 3.64. The first-order chi connectivity index (χ1) is 10.2. The van der Waals surface area contributed by atoms with Crippen LogP contribution in [-0.4, -0.2) is 15.1 Å². The Morgan fingerprint density at radius 3 is 2.86 bits per heavy atom. The largest absolute Gasteiger partial charge is 0.378 e. The van der Waals surface area contributed by atoms with Crippen LogP contribution in [0.4, 0.5) is 11.4 Å². The molecule has 0 saturated carbocycles. The third-order valence-electron chi connectivity index (χ3n) is 3.46. The van der Waals surface area contributed by atoms with E-state index in [0.29, 0.717) is 5.56 Å². The molecule has 2 aromatic carbocycles. The van der Waals surface area contributed by atoms with E-state index in [9.17, 15) is 10.1 Å². The van der Waals surface area contributed by atoms with Gasteiger partial charge in [0.1, 0.15) is 0 Å². The average molecular weight is 282 g/mol. The Balaban J connectivity index is 1.95. The monoisotopic (exact) mass is 282 g/mol. The number of nitro benzene ring substituents is 1. The topological polar surface area (TPSA) is 83.8 Å². The van der Waals surface area contributed by atoms with Gasteiger partial charge in [0.2, 0.25) is 0 Å². The number of benzene rings is 2. The molecule has 1 heterocycles. The second kappa shape index (κ2) is 5.24. The van der Waals surface area contributed by atoms with Crippen molar-refractivity contribution in [2.75, 3.05) is 5.32 Å². The molecule has 1 atom stereocenters. The van der Waals surface area contributed by atoms with Gasteiger partial charge in [-0.3, -0.25) is 15.2 Å². The van der Waals surface area contributed by atoms with Crippen molar-refractivity contribution in [1.29, 1.82) is 0 Å². The van der Waals surface area contributed by atoms with E-state index in [1.807, 2.05) is 25.1 Å². The van der Waals surface area contributed by atoms with Crippen LogP contribution in [0.3, 0.4) is 0 Å². The second-order valence-corrected chi connectivity index (χ2v) is 4.82. The van der Waals surface area contributed by atoms with E-state index < -0.39 is 0 Å². The number of nitrogens with one attached hydrogen (secondary N) is 2. The van der Waals surface area contributed by atoms with Gasteiger partial charge in [0, 0.05) is 17.1 Å². The number of fused-ring (bicyclic) bond motifs is 1. The molecule has 3 rings (SSSR count). The van der Waals surface area contributed by atoms with Crippen LogP contribution in [-0.2, 0) is 0 Å². The molecule has 1 aromatic heterocycles. The molecule has 0 aliphatic carbocycles. The van der Waals surface area contributed by atoms with Gasteiger partial charge in [-0.05, 0) is 19.1 Å². The molecule has 1 unspecified atom stereocenters. The molecule has 0 fully saturated rings. The highest BCUT2D eigenvalue weighted by molar-refractivity contribution is 5.91. The van der Waals surface area contributed by atoms with Crippen LogP contribution >= 0.6 is 0 Å². The molecule has 0 bridgehead atoms. The van der Waals surface area contributed by atoms with Gasteiger partial charge in [0.25, 0.3) is 5.69 Å². The Kier molecular flexibility index (Phi) is 3.27. The molecular formula is C15H14N4O2. The number of aromatic nitrogens is 2. The summed E-state index contributed by atoms with van der Waals surface area (Å²) in [7, 11) is 0. The number of aromatic amines is 1. The van der Waals surface area contributed by atoms with Gasteiger partial charge in [0.15, 0.2) is 0 Å². The summed E-state index contributed by atoms with van der Waals surface area (Å²) >= 11 is 0. The predicted molar refractivity (Wildman–Crippen MR) is 81.2 cm³/mol. The lowest BCUT2D eigenvalue weighted by atomic mass is 10.1. The number of rotatable bonds is 4. The molecule has 6 heteroatoms. The molecule has 6 nitrogen and oxygen atoms in total. The van der Waals surface area contributed by atoms with Crippen molar-refractivity contribution in [3.8, 4) is 0 Å². The van der Waals surface area contributed by atoms with Gasteiger partial charge in [-0.1, -0.05) is 24.3 Å². The summed E-state index contributed by atoms with van der Waals surface area (Å²) < 4.78 is 0. The van der Waals surface area contributed by atoms with Gasteiger partial charge in [-0.15, -0.1) is 0 Å². The van der Waals surface area contributed by atoms with E-state index in [1.54, 1.807) is 24.4 Å². The minimum absolute atomic E-state index is 0.122. The minimum Gasteiger partial charge on any atom is -0.378 e. The number of H-pyrrole nitrogens is 1. The summed E-state index contributed by atoms with van der Waals surface area (Å²) in [6.07, 6.45) is 1.74. The van der Waals surface area contributed by atoms with Crippen LogP contribution in [0, 0.1) is 10.1 Å². The number of para-hydroxylation sites is 1. The Morgan fingerprint density at radius 1 is 1.24 bits per heavy atom. The lowest BCUT2D eigenvalue weighted by molar-refractivity contribution is -0.385. The number of hydrogen-bond donors (Lipinski definition) is 2. The Hall–Kier alpha value is -2.89. The molecule has 0 amide bonds. The molecule has 0 saturated heterocycles. The van der Waals surface area contributed by atoms with Gasteiger partial charge in [0.05, 0.1) is 28.2 Å². The second-order valence-electron chi connectivity index (χ2n) is 4.82. The van der Waals surface area contributed by atoms with Gasteiger partial charge < -0.3 is 5.32 Å². The van der Waals surface area contributed by atoms with Crippen LogP contribution in [0.2, 0.25) is 0 Å². The molecule has 0 aliphatic heterocycles. The van der Waals surface area contributed by atoms with E-state index in [2.05, 4.69) is 15.5 Å². The standard InChI is InChI=1S/C15H14N4O2/c1-10(11-5-2-3-8-15(11)19(20)21)17-13-6-4-7-14-12(13)9-16-18-14/h2-10,17H,1H3,(H,16,18). The third-order valence-corrected chi connectivity index (χ3v) is 3.46.